The Labute approximate surface area is 205 Å². The van der Waals surface area contributed by atoms with Gasteiger partial charge < -0.3 is 20.1 Å². The fraction of sp³-hybridized carbons (Fsp3) is 0.708. The lowest BCUT2D eigenvalue weighted by atomic mass is 9.99. The first kappa shape index (κ1) is 26.4. The lowest BCUT2D eigenvalue weighted by Crippen LogP contribution is -2.37. The molecule has 0 aromatic heterocycles. The molecule has 31 heavy (non-hydrogen) atoms. The quantitative estimate of drug-likeness (QED) is 0.203. The summed E-state index contributed by atoms with van der Waals surface area (Å²) in [6.45, 7) is 9.87. The SMILES string of the molecule is CN=C(NCCCOCC1CCCO1)NCc1ccc(CN2CCC(C)CC2)cc1.I. The molecule has 0 spiro atoms. The van der Waals surface area contributed by atoms with Crippen LogP contribution < -0.4 is 10.6 Å². The number of hydrogen-bond acceptors (Lipinski definition) is 4. The third-order valence-corrected chi connectivity index (χ3v) is 6.07. The van der Waals surface area contributed by atoms with Crippen molar-refractivity contribution >= 4 is 29.9 Å². The van der Waals surface area contributed by atoms with Crippen molar-refractivity contribution in [1.29, 1.82) is 0 Å². The highest BCUT2D eigenvalue weighted by atomic mass is 127. The van der Waals surface area contributed by atoms with E-state index in [9.17, 15) is 0 Å². The zero-order valence-corrected chi connectivity index (χ0v) is 21.6. The van der Waals surface area contributed by atoms with Crippen LogP contribution >= 0.6 is 24.0 Å². The van der Waals surface area contributed by atoms with Crippen LogP contribution in [0, 0.1) is 5.92 Å². The molecule has 0 radical (unpaired) electrons. The van der Waals surface area contributed by atoms with Crippen molar-refractivity contribution in [2.75, 3.05) is 46.5 Å². The Morgan fingerprint density at radius 1 is 1.13 bits per heavy atom. The number of rotatable bonds is 10. The molecule has 2 N–H and O–H groups in total. The number of ether oxygens (including phenoxy) is 2. The first-order valence-electron chi connectivity index (χ1n) is 11.7. The minimum absolute atomic E-state index is 0. The van der Waals surface area contributed by atoms with Crippen molar-refractivity contribution < 1.29 is 9.47 Å². The predicted octanol–water partition coefficient (Wildman–Crippen LogP) is 3.79. The van der Waals surface area contributed by atoms with Gasteiger partial charge in [-0.15, -0.1) is 24.0 Å². The number of halogens is 1. The minimum Gasteiger partial charge on any atom is -0.379 e. The molecule has 2 fully saturated rings. The van der Waals surface area contributed by atoms with Crippen LogP contribution in [-0.4, -0.2) is 63.5 Å². The zero-order valence-electron chi connectivity index (χ0n) is 19.3. The molecule has 2 saturated heterocycles. The maximum absolute atomic E-state index is 5.70. The molecule has 2 heterocycles. The van der Waals surface area contributed by atoms with Crippen molar-refractivity contribution in [2.45, 2.75) is 58.2 Å². The van der Waals surface area contributed by atoms with Gasteiger partial charge in [-0.25, -0.2) is 0 Å². The largest absolute Gasteiger partial charge is 0.379 e. The summed E-state index contributed by atoms with van der Waals surface area (Å²) in [7, 11) is 1.81. The van der Waals surface area contributed by atoms with Crippen molar-refractivity contribution in [3.63, 3.8) is 0 Å². The molecule has 6 nitrogen and oxygen atoms in total. The maximum Gasteiger partial charge on any atom is 0.191 e. The standard InChI is InChI=1S/C24H40N4O2.HI/c1-20-10-13-28(14-11-20)18-22-8-6-21(7-9-22)17-27-24(25-2)26-12-4-15-29-19-23-5-3-16-30-23;/h6-9,20,23H,3-5,10-19H2,1-2H3,(H2,25,26,27);1H. The van der Waals surface area contributed by atoms with Gasteiger partial charge in [0.15, 0.2) is 5.96 Å². The monoisotopic (exact) mass is 544 g/mol. The fourth-order valence-corrected chi connectivity index (χ4v) is 4.02. The van der Waals surface area contributed by atoms with Gasteiger partial charge in [0.1, 0.15) is 0 Å². The molecule has 3 rings (SSSR count). The van der Waals surface area contributed by atoms with Crippen LogP contribution in [0.4, 0.5) is 0 Å². The number of guanidine groups is 1. The normalized spacial score (nSPS) is 20.5. The minimum atomic E-state index is 0. The number of benzene rings is 1. The first-order chi connectivity index (χ1) is 14.7. The maximum atomic E-state index is 5.70. The number of nitrogens with zero attached hydrogens (tertiary/aromatic N) is 2. The molecule has 2 aliphatic rings. The molecule has 176 valence electrons. The van der Waals surface area contributed by atoms with Crippen LogP contribution in [0.5, 0.6) is 0 Å². The summed E-state index contributed by atoms with van der Waals surface area (Å²) < 4.78 is 11.3. The molecule has 1 unspecified atom stereocenters. The van der Waals surface area contributed by atoms with Crippen molar-refractivity contribution in [3.05, 3.63) is 35.4 Å². The summed E-state index contributed by atoms with van der Waals surface area (Å²) in [5, 5.41) is 6.75. The third kappa shape index (κ3) is 10.1. The summed E-state index contributed by atoms with van der Waals surface area (Å²) in [5.74, 6) is 1.72. The van der Waals surface area contributed by atoms with Crippen LogP contribution in [0.25, 0.3) is 0 Å². The molecule has 0 aliphatic carbocycles. The highest BCUT2D eigenvalue weighted by Gasteiger charge is 2.16. The lowest BCUT2D eigenvalue weighted by Gasteiger charge is -2.30. The van der Waals surface area contributed by atoms with E-state index in [4.69, 9.17) is 9.47 Å². The van der Waals surface area contributed by atoms with Gasteiger partial charge in [-0.2, -0.15) is 0 Å². The van der Waals surface area contributed by atoms with Gasteiger partial charge >= 0.3 is 0 Å². The lowest BCUT2D eigenvalue weighted by molar-refractivity contribution is 0.0168. The molecular formula is C24H41IN4O2. The third-order valence-electron chi connectivity index (χ3n) is 6.07. The molecular weight excluding hydrogens is 503 g/mol. The summed E-state index contributed by atoms with van der Waals surface area (Å²) in [4.78, 5) is 6.88. The molecule has 0 amide bonds. The Balaban J connectivity index is 0.00000341. The molecule has 0 bridgehead atoms. The van der Waals surface area contributed by atoms with Crippen LogP contribution in [0.15, 0.2) is 29.3 Å². The average molecular weight is 545 g/mol. The van der Waals surface area contributed by atoms with Crippen LogP contribution in [0.1, 0.15) is 50.2 Å². The van der Waals surface area contributed by atoms with Gasteiger partial charge in [-0.05, 0) is 62.2 Å². The van der Waals surface area contributed by atoms with Crippen molar-refractivity contribution in [1.82, 2.24) is 15.5 Å². The van der Waals surface area contributed by atoms with Gasteiger partial charge in [-0.1, -0.05) is 31.2 Å². The Kier molecular flexibility index (Phi) is 12.8. The second-order valence-corrected chi connectivity index (χ2v) is 8.69. The van der Waals surface area contributed by atoms with E-state index in [0.29, 0.717) is 6.10 Å². The van der Waals surface area contributed by atoms with E-state index in [0.717, 1.165) is 70.6 Å². The number of likely N-dealkylation sites (tertiary alicyclic amines) is 1. The molecule has 7 heteroatoms. The summed E-state index contributed by atoms with van der Waals surface area (Å²) in [5.41, 5.74) is 2.67. The molecule has 1 aromatic carbocycles. The fourth-order valence-electron chi connectivity index (χ4n) is 4.02. The Morgan fingerprint density at radius 2 is 1.87 bits per heavy atom. The summed E-state index contributed by atoms with van der Waals surface area (Å²) in [6.07, 6.45) is 6.22. The van der Waals surface area contributed by atoms with E-state index in [-0.39, 0.29) is 24.0 Å². The Hall–Kier alpha value is -0.900. The van der Waals surface area contributed by atoms with E-state index in [1.54, 1.807) is 0 Å². The second-order valence-electron chi connectivity index (χ2n) is 8.69. The van der Waals surface area contributed by atoms with E-state index < -0.39 is 0 Å². The summed E-state index contributed by atoms with van der Waals surface area (Å²) >= 11 is 0. The first-order valence-corrected chi connectivity index (χ1v) is 11.7. The zero-order chi connectivity index (χ0) is 21.0. The van der Waals surface area contributed by atoms with Crippen LogP contribution in [0.2, 0.25) is 0 Å². The van der Waals surface area contributed by atoms with Gasteiger partial charge in [0, 0.05) is 39.9 Å². The molecule has 0 saturated carbocycles. The van der Waals surface area contributed by atoms with Crippen LogP contribution in [-0.2, 0) is 22.6 Å². The Bertz CT molecular complexity index is 627. The van der Waals surface area contributed by atoms with Gasteiger partial charge in [0.25, 0.3) is 0 Å². The smallest absolute Gasteiger partial charge is 0.191 e. The summed E-state index contributed by atoms with van der Waals surface area (Å²) in [6, 6.07) is 8.97. The Morgan fingerprint density at radius 3 is 2.55 bits per heavy atom. The van der Waals surface area contributed by atoms with E-state index in [1.165, 1.54) is 37.1 Å². The highest BCUT2D eigenvalue weighted by Crippen LogP contribution is 2.18. The molecule has 2 aliphatic heterocycles. The topological polar surface area (TPSA) is 58.1 Å². The molecule has 1 aromatic rings. The number of hydrogen-bond donors (Lipinski definition) is 2. The second kappa shape index (κ2) is 15.0. The van der Waals surface area contributed by atoms with Gasteiger partial charge in [0.2, 0.25) is 0 Å². The van der Waals surface area contributed by atoms with Gasteiger partial charge in [-0.3, -0.25) is 9.89 Å². The molecule has 1 atom stereocenters. The van der Waals surface area contributed by atoms with Crippen molar-refractivity contribution in [2.24, 2.45) is 10.9 Å². The number of nitrogens with one attached hydrogen (secondary N) is 2. The predicted molar refractivity (Wildman–Crippen MR) is 138 cm³/mol. The average Bonchev–Trinajstić information content (AvgIpc) is 3.29. The highest BCUT2D eigenvalue weighted by molar-refractivity contribution is 14.0. The number of piperidine rings is 1. The van der Waals surface area contributed by atoms with Gasteiger partial charge in [0.05, 0.1) is 12.7 Å². The van der Waals surface area contributed by atoms with Crippen molar-refractivity contribution in [3.8, 4) is 0 Å². The number of aliphatic imine (C=N–C) groups is 1. The van der Waals surface area contributed by atoms with Crippen LogP contribution in [0.3, 0.4) is 0 Å². The van der Waals surface area contributed by atoms with E-state index in [2.05, 4.69) is 51.7 Å². The van der Waals surface area contributed by atoms with E-state index >= 15 is 0 Å². The van der Waals surface area contributed by atoms with E-state index in [1.807, 2.05) is 7.05 Å².